The molecule has 2 heterocycles. The van der Waals surface area contributed by atoms with E-state index in [-0.39, 0.29) is 11.5 Å². The molecule has 0 saturated heterocycles. The molecule has 0 radical (unpaired) electrons. The predicted molar refractivity (Wildman–Crippen MR) is 110 cm³/mol. The summed E-state index contributed by atoms with van der Waals surface area (Å²) in [7, 11) is 0. The summed E-state index contributed by atoms with van der Waals surface area (Å²) in [5.74, 6) is -0.406. The molecule has 13 heteroatoms. The summed E-state index contributed by atoms with van der Waals surface area (Å²) in [4.78, 5) is 22.5. The lowest BCUT2D eigenvalue weighted by atomic mass is 10.2. The van der Waals surface area contributed by atoms with Crippen LogP contribution in [0.2, 0.25) is 10.0 Å². The number of alkyl halides is 2. The Balaban J connectivity index is 1.74. The minimum absolute atomic E-state index is 0.144. The Bertz CT molecular complexity index is 1160. The molecule has 0 unspecified atom stereocenters. The highest BCUT2D eigenvalue weighted by Gasteiger charge is 2.31. The normalized spacial score (nSPS) is 11.2. The fourth-order valence-corrected chi connectivity index (χ4v) is 3.42. The summed E-state index contributed by atoms with van der Waals surface area (Å²) in [6.45, 7) is 2.87. The molecule has 0 spiro atoms. The number of nitro groups is 1. The van der Waals surface area contributed by atoms with Crippen molar-refractivity contribution in [1.82, 2.24) is 19.6 Å². The van der Waals surface area contributed by atoms with Crippen molar-refractivity contribution in [3.63, 3.8) is 0 Å². The van der Waals surface area contributed by atoms with E-state index in [0.29, 0.717) is 16.6 Å². The summed E-state index contributed by atoms with van der Waals surface area (Å²) < 4.78 is 28.5. The summed E-state index contributed by atoms with van der Waals surface area (Å²) in [6, 6.07) is 6.69. The van der Waals surface area contributed by atoms with E-state index in [1.54, 1.807) is 35.9 Å². The molecule has 1 N–H and O–H groups in total. The molecule has 2 aromatic heterocycles. The lowest BCUT2D eigenvalue weighted by Gasteiger charge is -2.07. The standard InChI is InChI=1S/C18H16Cl2F2N6O3/c1-9-5-14(24-26(9)7-11-3-4-12(19)6-13(11)20)23-15(29)8-27-10(2)17(28(30)31)16(25-27)18(21)22/h3-6,18H,7-8H2,1-2H3,(H,23,24,29). The van der Waals surface area contributed by atoms with E-state index in [2.05, 4.69) is 15.5 Å². The van der Waals surface area contributed by atoms with Crippen molar-refractivity contribution in [2.45, 2.75) is 33.4 Å². The van der Waals surface area contributed by atoms with Gasteiger partial charge in [-0.1, -0.05) is 29.3 Å². The van der Waals surface area contributed by atoms with Crippen LogP contribution < -0.4 is 5.32 Å². The minimum atomic E-state index is -3.14. The van der Waals surface area contributed by atoms with Crippen molar-refractivity contribution in [1.29, 1.82) is 0 Å². The zero-order valence-corrected chi connectivity index (χ0v) is 17.8. The van der Waals surface area contributed by atoms with Crippen LogP contribution in [0, 0.1) is 24.0 Å². The van der Waals surface area contributed by atoms with Gasteiger partial charge in [0.1, 0.15) is 12.2 Å². The van der Waals surface area contributed by atoms with E-state index in [9.17, 15) is 23.7 Å². The highest BCUT2D eigenvalue weighted by molar-refractivity contribution is 6.35. The van der Waals surface area contributed by atoms with Crippen molar-refractivity contribution in [2.24, 2.45) is 0 Å². The Labute approximate surface area is 184 Å². The number of hydrogen-bond acceptors (Lipinski definition) is 5. The molecule has 0 aliphatic carbocycles. The third-order valence-electron chi connectivity index (χ3n) is 4.47. The van der Waals surface area contributed by atoms with Crippen LogP contribution in [0.3, 0.4) is 0 Å². The van der Waals surface area contributed by atoms with Crippen molar-refractivity contribution in [3.05, 3.63) is 67.1 Å². The Morgan fingerprint density at radius 1 is 1.23 bits per heavy atom. The van der Waals surface area contributed by atoms with Crippen LogP contribution in [0.1, 0.15) is 29.1 Å². The number of rotatable bonds is 7. The topological polar surface area (TPSA) is 108 Å². The van der Waals surface area contributed by atoms with Crippen LogP contribution in [0.5, 0.6) is 0 Å². The zero-order chi connectivity index (χ0) is 22.9. The van der Waals surface area contributed by atoms with Gasteiger partial charge in [-0.2, -0.15) is 10.2 Å². The lowest BCUT2D eigenvalue weighted by Crippen LogP contribution is -2.21. The monoisotopic (exact) mass is 472 g/mol. The van der Waals surface area contributed by atoms with Crippen molar-refractivity contribution < 1.29 is 18.5 Å². The molecule has 1 aromatic carbocycles. The van der Waals surface area contributed by atoms with E-state index < -0.39 is 35.2 Å². The highest BCUT2D eigenvalue weighted by atomic mass is 35.5. The van der Waals surface area contributed by atoms with Gasteiger partial charge in [-0.3, -0.25) is 24.3 Å². The molecule has 164 valence electrons. The molecular weight excluding hydrogens is 457 g/mol. The second-order valence-corrected chi connectivity index (χ2v) is 7.49. The number of hydrogen-bond donors (Lipinski definition) is 1. The first-order chi connectivity index (χ1) is 14.6. The molecular formula is C18H16Cl2F2N6O3. The number of carbonyl (C=O) groups is 1. The predicted octanol–water partition coefficient (Wildman–Crippen LogP) is 4.54. The Morgan fingerprint density at radius 3 is 2.52 bits per heavy atom. The van der Waals surface area contributed by atoms with Crippen LogP contribution in [0.4, 0.5) is 20.3 Å². The van der Waals surface area contributed by atoms with E-state index >= 15 is 0 Å². The average molecular weight is 473 g/mol. The maximum absolute atomic E-state index is 13.0. The fraction of sp³-hybridized carbons (Fsp3) is 0.278. The van der Waals surface area contributed by atoms with Crippen LogP contribution in [0.15, 0.2) is 24.3 Å². The van der Waals surface area contributed by atoms with Crippen LogP contribution in [-0.2, 0) is 17.9 Å². The van der Waals surface area contributed by atoms with Gasteiger partial charge in [0.05, 0.1) is 11.5 Å². The molecule has 3 aromatic rings. The van der Waals surface area contributed by atoms with Crippen LogP contribution in [-0.4, -0.2) is 30.4 Å². The van der Waals surface area contributed by atoms with Crippen LogP contribution >= 0.6 is 23.2 Å². The van der Waals surface area contributed by atoms with Crippen LogP contribution in [0.25, 0.3) is 0 Å². The number of carbonyl (C=O) groups excluding carboxylic acids is 1. The molecule has 0 atom stereocenters. The highest BCUT2D eigenvalue weighted by Crippen LogP contribution is 2.30. The fourth-order valence-electron chi connectivity index (χ4n) is 2.95. The second kappa shape index (κ2) is 8.98. The molecule has 1 amide bonds. The summed E-state index contributed by atoms with van der Waals surface area (Å²) >= 11 is 12.1. The molecule has 0 aliphatic rings. The number of aryl methyl sites for hydroxylation is 1. The maximum atomic E-state index is 13.0. The Hall–Kier alpha value is -3.05. The third kappa shape index (κ3) is 5.00. The van der Waals surface area contributed by atoms with Gasteiger partial charge in [0.15, 0.2) is 5.82 Å². The summed E-state index contributed by atoms with van der Waals surface area (Å²) in [5, 5.41) is 22.4. The molecule has 0 bridgehead atoms. The lowest BCUT2D eigenvalue weighted by molar-refractivity contribution is -0.386. The largest absolute Gasteiger partial charge is 0.319 e. The third-order valence-corrected chi connectivity index (χ3v) is 5.05. The smallest absolute Gasteiger partial charge is 0.308 e. The number of halogens is 4. The first-order valence-corrected chi connectivity index (χ1v) is 9.60. The number of nitrogens with one attached hydrogen (secondary N) is 1. The number of amides is 1. The number of benzene rings is 1. The van der Waals surface area contributed by atoms with E-state index in [0.717, 1.165) is 15.9 Å². The van der Waals surface area contributed by atoms with Gasteiger partial charge in [0.25, 0.3) is 6.43 Å². The first-order valence-electron chi connectivity index (χ1n) is 8.85. The van der Waals surface area contributed by atoms with E-state index in [1.165, 1.54) is 6.92 Å². The van der Waals surface area contributed by atoms with Gasteiger partial charge in [0, 0.05) is 21.8 Å². The van der Waals surface area contributed by atoms with Crippen molar-refractivity contribution in [3.8, 4) is 0 Å². The maximum Gasteiger partial charge on any atom is 0.319 e. The molecule has 0 saturated carbocycles. The van der Waals surface area contributed by atoms with Gasteiger partial charge in [-0.25, -0.2) is 8.78 Å². The molecule has 31 heavy (non-hydrogen) atoms. The molecule has 3 rings (SSSR count). The van der Waals surface area contributed by atoms with E-state index in [4.69, 9.17) is 23.2 Å². The molecule has 0 fully saturated rings. The molecule has 9 nitrogen and oxygen atoms in total. The quantitative estimate of drug-likeness (QED) is 0.401. The Kier molecular flexibility index (Phi) is 6.56. The SMILES string of the molecule is Cc1cc(NC(=O)Cn2nc(C(F)F)c([N+](=O)[O-])c2C)nn1Cc1ccc(Cl)cc1Cl. The zero-order valence-electron chi connectivity index (χ0n) is 16.3. The summed E-state index contributed by atoms with van der Waals surface area (Å²) in [6.07, 6.45) is -3.14. The minimum Gasteiger partial charge on any atom is -0.308 e. The second-order valence-electron chi connectivity index (χ2n) is 6.65. The van der Waals surface area contributed by atoms with Crippen molar-refractivity contribution >= 4 is 40.6 Å². The van der Waals surface area contributed by atoms with E-state index in [1.807, 2.05) is 0 Å². The molecule has 0 aliphatic heterocycles. The van der Waals surface area contributed by atoms with Gasteiger partial charge >= 0.3 is 5.69 Å². The van der Waals surface area contributed by atoms with Crippen molar-refractivity contribution in [2.75, 3.05) is 5.32 Å². The number of aromatic nitrogens is 4. The average Bonchev–Trinajstić information content (AvgIpc) is 3.17. The van der Waals surface area contributed by atoms with Gasteiger partial charge in [-0.15, -0.1) is 0 Å². The van der Waals surface area contributed by atoms with Gasteiger partial charge in [0.2, 0.25) is 11.6 Å². The van der Waals surface area contributed by atoms with Gasteiger partial charge in [-0.05, 0) is 31.5 Å². The van der Waals surface area contributed by atoms with Gasteiger partial charge < -0.3 is 5.32 Å². The Morgan fingerprint density at radius 2 is 1.94 bits per heavy atom. The summed E-state index contributed by atoms with van der Waals surface area (Å²) in [5.41, 5.74) is -0.422. The number of nitrogens with zero attached hydrogens (tertiary/aromatic N) is 5. The number of anilines is 1. The first kappa shape index (κ1) is 22.6.